The maximum absolute atomic E-state index is 3.67. The summed E-state index contributed by atoms with van der Waals surface area (Å²) in [7, 11) is 0. The van der Waals surface area contributed by atoms with Gasteiger partial charge >= 0.3 is 0 Å². The summed E-state index contributed by atoms with van der Waals surface area (Å²) in [5.41, 5.74) is 0.428. The van der Waals surface area contributed by atoms with Crippen molar-refractivity contribution in [1.82, 2.24) is 15.1 Å². The van der Waals surface area contributed by atoms with Gasteiger partial charge in [0.15, 0.2) is 0 Å². The Morgan fingerprint density at radius 2 is 1.71 bits per heavy atom. The summed E-state index contributed by atoms with van der Waals surface area (Å²) in [5.74, 6) is 1.04. The van der Waals surface area contributed by atoms with Crippen LogP contribution in [0.5, 0.6) is 0 Å². The van der Waals surface area contributed by atoms with Crippen LogP contribution in [0, 0.1) is 11.3 Å². The highest BCUT2D eigenvalue weighted by Crippen LogP contribution is 2.30. The molecule has 1 saturated carbocycles. The number of nitrogens with one attached hydrogen (secondary N) is 1. The average Bonchev–Trinajstić information content (AvgIpc) is 3.23. The molecule has 0 aromatic heterocycles. The van der Waals surface area contributed by atoms with E-state index in [0.29, 0.717) is 11.5 Å². The Kier molecular flexibility index (Phi) is 6.51. The Hall–Kier alpha value is -0.120. The van der Waals surface area contributed by atoms with Crippen molar-refractivity contribution in [3.05, 3.63) is 0 Å². The summed E-state index contributed by atoms with van der Waals surface area (Å²) >= 11 is 0. The van der Waals surface area contributed by atoms with Crippen LogP contribution in [0.15, 0.2) is 0 Å². The second-order valence-corrected chi connectivity index (χ2v) is 8.12. The molecule has 0 aromatic rings. The standard InChI is InChI=1S/C18H37N3/c1-5-8-18(4,14-19-16(2)3)15-21-11-9-20(10-12-21)13-17-6-7-17/h16-17,19H,5-15H2,1-4H3. The van der Waals surface area contributed by atoms with Gasteiger partial charge in [0.05, 0.1) is 0 Å². The maximum atomic E-state index is 3.67. The second-order valence-electron chi connectivity index (χ2n) is 8.12. The first-order chi connectivity index (χ1) is 10.0. The normalized spacial score (nSPS) is 24.4. The minimum Gasteiger partial charge on any atom is -0.314 e. The molecule has 0 amide bonds. The lowest BCUT2D eigenvalue weighted by Crippen LogP contribution is -2.51. The van der Waals surface area contributed by atoms with E-state index >= 15 is 0 Å². The third-order valence-electron chi connectivity index (χ3n) is 5.07. The second kappa shape index (κ2) is 7.94. The number of hydrogen-bond acceptors (Lipinski definition) is 3. The van der Waals surface area contributed by atoms with Gasteiger partial charge in [-0.3, -0.25) is 0 Å². The monoisotopic (exact) mass is 295 g/mol. The quantitative estimate of drug-likeness (QED) is 0.706. The molecule has 0 radical (unpaired) electrons. The van der Waals surface area contributed by atoms with Crippen LogP contribution >= 0.6 is 0 Å². The summed E-state index contributed by atoms with van der Waals surface area (Å²) in [5, 5.41) is 3.67. The van der Waals surface area contributed by atoms with Crippen molar-refractivity contribution >= 4 is 0 Å². The van der Waals surface area contributed by atoms with Crippen molar-refractivity contribution < 1.29 is 0 Å². The molecule has 2 rings (SSSR count). The number of piperazine rings is 1. The van der Waals surface area contributed by atoms with E-state index in [4.69, 9.17) is 0 Å². The van der Waals surface area contributed by atoms with Gasteiger partial charge in [-0.2, -0.15) is 0 Å². The van der Waals surface area contributed by atoms with Crippen LogP contribution in [0.3, 0.4) is 0 Å². The lowest BCUT2D eigenvalue weighted by Gasteiger charge is -2.41. The van der Waals surface area contributed by atoms with Crippen molar-refractivity contribution in [3.8, 4) is 0 Å². The lowest BCUT2D eigenvalue weighted by molar-refractivity contribution is 0.0828. The fourth-order valence-corrected chi connectivity index (χ4v) is 3.61. The molecule has 124 valence electrons. The SMILES string of the molecule is CCCC(C)(CNC(C)C)CN1CCN(CC2CC2)CC1. The summed E-state index contributed by atoms with van der Waals surface area (Å²) in [4.78, 5) is 5.40. The zero-order chi connectivity index (χ0) is 15.3. The molecule has 1 saturated heterocycles. The van der Waals surface area contributed by atoms with E-state index in [1.54, 1.807) is 0 Å². The topological polar surface area (TPSA) is 18.5 Å². The molecular weight excluding hydrogens is 258 g/mol. The molecule has 1 aliphatic carbocycles. The van der Waals surface area contributed by atoms with Gasteiger partial charge in [-0.15, -0.1) is 0 Å². The smallest absolute Gasteiger partial charge is 0.0110 e. The molecule has 2 fully saturated rings. The van der Waals surface area contributed by atoms with E-state index in [1.165, 1.54) is 65.0 Å². The van der Waals surface area contributed by atoms with E-state index in [9.17, 15) is 0 Å². The summed E-state index contributed by atoms with van der Waals surface area (Å²) in [6.45, 7) is 18.2. The molecule has 2 aliphatic rings. The van der Waals surface area contributed by atoms with Crippen LogP contribution in [0.1, 0.15) is 53.4 Å². The molecular formula is C18H37N3. The van der Waals surface area contributed by atoms with Crippen LogP contribution in [-0.2, 0) is 0 Å². The summed E-state index contributed by atoms with van der Waals surface area (Å²) in [6, 6.07) is 0.594. The van der Waals surface area contributed by atoms with Gasteiger partial charge in [0.1, 0.15) is 0 Å². The first kappa shape index (κ1) is 17.2. The van der Waals surface area contributed by atoms with Gasteiger partial charge in [-0.1, -0.05) is 34.1 Å². The Morgan fingerprint density at radius 1 is 1.10 bits per heavy atom. The van der Waals surface area contributed by atoms with Gasteiger partial charge in [0.2, 0.25) is 0 Å². The predicted molar refractivity (Wildman–Crippen MR) is 91.8 cm³/mol. The van der Waals surface area contributed by atoms with Crippen LogP contribution in [-0.4, -0.2) is 61.7 Å². The van der Waals surface area contributed by atoms with E-state index in [0.717, 1.165) is 12.5 Å². The third-order valence-corrected chi connectivity index (χ3v) is 5.07. The molecule has 21 heavy (non-hydrogen) atoms. The number of nitrogens with zero attached hydrogens (tertiary/aromatic N) is 2. The van der Waals surface area contributed by atoms with Crippen molar-refractivity contribution in [1.29, 1.82) is 0 Å². The molecule has 1 aliphatic heterocycles. The van der Waals surface area contributed by atoms with Crippen LogP contribution in [0.2, 0.25) is 0 Å². The molecule has 1 unspecified atom stereocenters. The third kappa shape index (κ3) is 6.25. The molecule has 0 aromatic carbocycles. The van der Waals surface area contributed by atoms with Gasteiger partial charge in [0, 0.05) is 51.9 Å². The fourth-order valence-electron chi connectivity index (χ4n) is 3.61. The minimum absolute atomic E-state index is 0.428. The lowest BCUT2D eigenvalue weighted by atomic mass is 9.84. The Morgan fingerprint density at radius 3 is 2.24 bits per heavy atom. The molecule has 1 atom stereocenters. The Bertz CT molecular complexity index is 293. The number of hydrogen-bond donors (Lipinski definition) is 1. The Balaban J connectivity index is 1.74. The summed E-state index contributed by atoms with van der Waals surface area (Å²) in [6.07, 6.45) is 5.58. The molecule has 0 spiro atoms. The van der Waals surface area contributed by atoms with Gasteiger partial charge in [-0.05, 0) is 30.6 Å². The van der Waals surface area contributed by atoms with E-state index in [1.807, 2.05) is 0 Å². The van der Waals surface area contributed by atoms with Gasteiger partial charge in [0.25, 0.3) is 0 Å². The van der Waals surface area contributed by atoms with Crippen molar-refractivity contribution in [2.45, 2.75) is 59.4 Å². The zero-order valence-electron chi connectivity index (χ0n) is 14.8. The van der Waals surface area contributed by atoms with Crippen molar-refractivity contribution in [2.75, 3.05) is 45.8 Å². The predicted octanol–water partition coefficient (Wildman–Crippen LogP) is 2.82. The van der Waals surface area contributed by atoms with Crippen molar-refractivity contribution in [2.24, 2.45) is 11.3 Å². The summed E-state index contributed by atoms with van der Waals surface area (Å²) < 4.78 is 0. The molecule has 0 bridgehead atoms. The van der Waals surface area contributed by atoms with Crippen molar-refractivity contribution in [3.63, 3.8) is 0 Å². The van der Waals surface area contributed by atoms with Crippen LogP contribution < -0.4 is 5.32 Å². The van der Waals surface area contributed by atoms with Crippen LogP contribution in [0.25, 0.3) is 0 Å². The average molecular weight is 296 g/mol. The maximum Gasteiger partial charge on any atom is 0.0110 e. The largest absolute Gasteiger partial charge is 0.314 e. The highest BCUT2D eigenvalue weighted by Gasteiger charge is 2.30. The van der Waals surface area contributed by atoms with Gasteiger partial charge in [-0.25, -0.2) is 0 Å². The first-order valence-corrected chi connectivity index (χ1v) is 9.19. The first-order valence-electron chi connectivity index (χ1n) is 9.19. The minimum atomic E-state index is 0.428. The van der Waals surface area contributed by atoms with E-state index in [2.05, 4.69) is 42.8 Å². The molecule has 3 nitrogen and oxygen atoms in total. The number of rotatable bonds is 9. The highest BCUT2D eigenvalue weighted by molar-refractivity contribution is 4.85. The molecule has 1 heterocycles. The highest BCUT2D eigenvalue weighted by atomic mass is 15.3. The fraction of sp³-hybridized carbons (Fsp3) is 1.00. The zero-order valence-corrected chi connectivity index (χ0v) is 14.8. The molecule has 1 N–H and O–H groups in total. The Labute approximate surface area is 132 Å². The van der Waals surface area contributed by atoms with E-state index in [-0.39, 0.29) is 0 Å². The van der Waals surface area contributed by atoms with E-state index < -0.39 is 0 Å². The van der Waals surface area contributed by atoms with Crippen LogP contribution in [0.4, 0.5) is 0 Å². The van der Waals surface area contributed by atoms with Gasteiger partial charge < -0.3 is 15.1 Å². The molecule has 3 heteroatoms.